The molecule has 0 aliphatic heterocycles. The Balaban J connectivity index is 4.33. The standard InChI is InChI=1S/C13H24O3/c1-5-10(3)13(16)11(4)12(15)7-6-9(2)8-14/h5-6,11-16H,7-8H2,1-4H3/b9-6+,10-5+/t11-,12+,13+/m1/s1. The molecule has 3 N–H and O–H groups in total. The van der Waals surface area contributed by atoms with Crippen molar-refractivity contribution < 1.29 is 15.3 Å². The van der Waals surface area contributed by atoms with Crippen LogP contribution in [0.3, 0.4) is 0 Å². The minimum Gasteiger partial charge on any atom is -0.392 e. The van der Waals surface area contributed by atoms with E-state index in [0.717, 1.165) is 11.1 Å². The van der Waals surface area contributed by atoms with Gasteiger partial charge in [0.05, 0.1) is 18.8 Å². The summed E-state index contributed by atoms with van der Waals surface area (Å²) in [5.74, 6) is -0.209. The molecule has 0 rings (SSSR count). The third-order valence-electron chi connectivity index (χ3n) is 2.98. The Labute approximate surface area is 98.1 Å². The molecule has 0 radical (unpaired) electrons. The van der Waals surface area contributed by atoms with E-state index in [1.54, 1.807) is 6.08 Å². The van der Waals surface area contributed by atoms with Crippen LogP contribution in [0.1, 0.15) is 34.1 Å². The third kappa shape index (κ3) is 4.92. The molecule has 3 heteroatoms. The summed E-state index contributed by atoms with van der Waals surface area (Å²) in [5.41, 5.74) is 1.71. The monoisotopic (exact) mass is 228 g/mol. The summed E-state index contributed by atoms with van der Waals surface area (Å²) in [5, 5.41) is 28.6. The van der Waals surface area contributed by atoms with Crippen molar-refractivity contribution in [1.29, 1.82) is 0 Å². The molecule has 3 atom stereocenters. The minimum atomic E-state index is -0.608. The van der Waals surface area contributed by atoms with Crippen molar-refractivity contribution in [2.45, 2.75) is 46.3 Å². The van der Waals surface area contributed by atoms with Gasteiger partial charge in [-0.3, -0.25) is 0 Å². The summed E-state index contributed by atoms with van der Waals surface area (Å²) >= 11 is 0. The highest BCUT2D eigenvalue weighted by Gasteiger charge is 2.22. The third-order valence-corrected chi connectivity index (χ3v) is 2.98. The van der Waals surface area contributed by atoms with Crippen LogP contribution in [-0.2, 0) is 0 Å². The molecular weight excluding hydrogens is 204 g/mol. The molecule has 0 unspecified atom stereocenters. The Hall–Kier alpha value is -0.640. The average Bonchev–Trinajstić information content (AvgIpc) is 2.32. The number of allylic oxidation sites excluding steroid dienone is 1. The van der Waals surface area contributed by atoms with Gasteiger partial charge in [0.2, 0.25) is 0 Å². The molecule has 0 saturated heterocycles. The van der Waals surface area contributed by atoms with E-state index in [0.29, 0.717) is 6.42 Å². The van der Waals surface area contributed by atoms with Gasteiger partial charge in [0.25, 0.3) is 0 Å². The minimum absolute atomic E-state index is 0.0115. The summed E-state index contributed by atoms with van der Waals surface area (Å²) in [6, 6.07) is 0. The first kappa shape index (κ1) is 15.4. The van der Waals surface area contributed by atoms with Crippen LogP contribution in [0.15, 0.2) is 23.3 Å². The van der Waals surface area contributed by atoms with Crippen LogP contribution in [0, 0.1) is 5.92 Å². The highest BCUT2D eigenvalue weighted by molar-refractivity contribution is 5.06. The van der Waals surface area contributed by atoms with Crippen LogP contribution in [0.5, 0.6) is 0 Å². The fourth-order valence-electron chi connectivity index (χ4n) is 1.40. The maximum absolute atomic E-state index is 9.88. The molecule has 0 aliphatic rings. The van der Waals surface area contributed by atoms with E-state index >= 15 is 0 Å². The maximum atomic E-state index is 9.88. The van der Waals surface area contributed by atoms with Crippen LogP contribution in [-0.4, -0.2) is 34.1 Å². The number of aliphatic hydroxyl groups excluding tert-OH is 3. The molecule has 0 aromatic rings. The van der Waals surface area contributed by atoms with Gasteiger partial charge in [-0.05, 0) is 32.8 Å². The molecule has 0 aliphatic carbocycles. The fraction of sp³-hybridized carbons (Fsp3) is 0.692. The fourth-order valence-corrected chi connectivity index (χ4v) is 1.40. The zero-order valence-electron chi connectivity index (χ0n) is 10.6. The summed E-state index contributed by atoms with van der Waals surface area (Å²) in [6.07, 6.45) is 2.91. The first-order chi connectivity index (χ1) is 7.43. The van der Waals surface area contributed by atoms with Crippen LogP contribution < -0.4 is 0 Å². The number of rotatable bonds is 6. The molecular formula is C13H24O3. The van der Waals surface area contributed by atoms with E-state index < -0.39 is 12.2 Å². The van der Waals surface area contributed by atoms with Crippen molar-refractivity contribution in [2.24, 2.45) is 5.92 Å². The van der Waals surface area contributed by atoms with Crippen LogP contribution >= 0.6 is 0 Å². The Kier molecular flexibility index (Phi) is 7.30. The number of hydrogen-bond acceptors (Lipinski definition) is 3. The summed E-state index contributed by atoms with van der Waals surface area (Å²) in [7, 11) is 0. The van der Waals surface area contributed by atoms with Crippen molar-refractivity contribution in [2.75, 3.05) is 6.61 Å². The lowest BCUT2D eigenvalue weighted by Gasteiger charge is -2.24. The van der Waals surface area contributed by atoms with E-state index in [1.807, 2.05) is 33.8 Å². The molecule has 0 aromatic carbocycles. The lowest BCUT2D eigenvalue weighted by molar-refractivity contribution is 0.0415. The smallest absolute Gasteiger partial charge is 0.0797 e. The zero-order valence-corrected chi connectivity index (χ0v) is 10.6. The molecule has 3 nitrogen and oxygen atoms in total. The molecule has 0 saturated carbocycles. The van der Waals surface area contributed by atoms with Gasteiger partial charge in [-0.1, -0.05) is 24.6 Å². The van der Waals surface area contributed by atoms with Gasteiger partial charge in [0, 0.05) is 5.92 Å². The van der Waals surface area contributed by atoms with Gasteiger partial charge in [-0.25, -0.2) is 0 Å². The highest BCUT2D eigenvalue weighted by atomic mass is 16.3. The summed E-state index contributed by atoms with van der Waals surface area (Å²) in [4.78, 5) is 0. The van der Waals surface area contributed by atoms with E-state index in [4.69, 9.17) is 5.11 Å². The maximum Gasteiger partial charge on any atom is 0.0797 e. The SMILES string of the molecule is C/C=C(\C)[C@H](O)[C@H](C)[C@@H](O)C/C=C(\C)CO. The molecule has 94 valence electrons. The van der Waals surface area contributed by atoms with E-state index in [1.165, 1.54) is 0 Å². The van der Waals surface area contributed by atoms with Gasteiger partial charge in [0.1, 0.15) is 0 Å². The van der Waals surface area contributed by atoms with Gasteiger partial charge in [0.15, 0.2) is 0 Å². The van der Waals surface area contributed by atoms with Crippen molar-refractivity contribution >= 4 is 0 Å². The van der Waals surface area contributed by atoms with Crippen LogP contribution in [0.4, 0.5) is 0 Å². The first-order valence-electron chi connectivity index (χ1n) is 5.69. The molecule has 0 spiro atoms. The first-order valence-corrected chi connectivity index (χ1v) is 5.69. The second kappa shape index (κ2) is 7.60. The quantitative estimate of drug-likeness (QED) is 0.606. The number of hydrogen-bond donors (Lipinski definition) is 3. The van der Waals surface area contributed by atoms with Crippen molar-refractivity contribution in [3.05, 3.63) is 23.3 Å². The lowest BCUT2D eigenvalue weighted by Crippen LogP contribution is -2.30. The van der Waals surface area contributed by atoms with Crippen LogP contribution in [0.2, 0.25) is 0 Å². The molecule has 16 heavy (non-hydrogen) atoms. The van der Waals surface area contributed by atoms with E-state index in [2.05, 4.69) is 0 Å². The summed E-state index contributed by atoms with van der Waals surface area (Å²) < 4.78 is 0. The Morgan fingerprint density at radius 3 is 2.25 bits per heavy atom. The van der Waals surface area contributed by atoms with Crippen molar-refractivity contribution in [1.82, 2.24) is 0 Å². The van der Waals surface area contributed by atoms with Crippen molar-refractivity contribution in [3.63, 3.8) is 0 Å². The largest absolute Gasteiger partial charge is 0.392 e. The number of aliphatic hydroxyl groups is 3. The summed E-state index contributed by atoms with van der Waals surface area (Å²) in [6.45, 7) is 7.36. The molecule has 0 heterocycles. The lowest BCUT2D eigenvalue weighted by atomic mass is 9.91. The molecule has 0 fully saturated rings. The highest BCUT2D eigenvalue weighted by Crippen LogP contribution is 2.18. The van der Waals surface area contributed by atoms with Gasteiger partial charge in [-0.15, -0.1) is 0 Å². The predicted octanol–water partition coefficient (Wildman–Crippen LogP) is 1.64. The average molecular weight is 228 g/mol. The predicted molar refractivity (Wildman–Crippen MR) is 66.1 cm³/mol. The Morgan fingerprint density at radius 1 is 1.25 bits per heavy atom. The Morgan fingerprint density at radius 2 is 1.81 bits per heavy atom. The normalized spacial score (nSPS) is 19.4. The van der Waals surface area contributed by atoms with E-state index in [-0.39, 0.29) is 12.5 Å². The molecule has 0 amide bonds. The zero-order chi connectivity index (χ0) is 12.7. The molecule has 0 bridgehead atoms. The van der Waals surface area contributed by atoms with Gasteiger partial charge >= 0.3 is 0 Å². The van der Waals surface area contributed by atoms with Gasteiger partial charge in [-0.2, -0.15) is 0 Å². The van der Waals surface area contributed by atoms with E-state index in [9.17, 15) is 10.2 Å². The van der Waals surface area contributed by atoms with Gasteiger partial charge < -0.3 is 15.3 Å². The second-order valence-electron chi connectivity index (χ2n) is 4.35. The van der Waals surface area contributed by atoms with Crippen molar-refractivity contribution in [3.8, 4) is 0 Å². The molecule has 0 aromatic heterocycles. The topological polar surface area (TPSA) is 60.7 Å². The van der Waals surface area contributed by atoms with Crippen LogP contribution in [0.25, 0.3) is 0 Å². The second-order valence-corrected chi connectivity index (χ2v) is 4.35. The Bertz CT molecular complexity index is 256.